The summed E-state index contributed by atoms with van der Waals surface area (Å²) in [5.41, 5.74) is 0.989. The zero-order valence-corrected chi connectivity index (χ0v) is 17.3. The molecule has 3 atom stereocenters. The van der Waals surface area contributed by atoms with Gasteiger partial charge in [-0.2, -0.15) is 0 Å². The van der Waals surface area contributed by atoms with Crippen LogP contribution in [0, 0.1) is 11.8 Å². The van der Waals surface area contributed by atoms with Crippen LogP contribution in [0.25, 0.3) is 0 Å². The van der Waals surface area contributed by atoms with E-state index in [2.05, 4.69) is 16.0 Å². The van der Waals surface area contributed by atoms with Crippen LogP contribution >= 0.6 is 0 Å². The zero-order valence-electron chi connectivity index (χ0n) is 17.3. The average Bonchev–Trinajstić information content (AvgIpc) is 3.19. The molecule has 7 nitrogen and oxygen atoms in total. The molecule has 1 saturated carbocycles. The van der Waals surface area contributed by atoms with Crippen LogP contribution in [0.2, 0.25) is 0 Å². The summed E-state index contributed by atoms with van der Waals surface area (Å²) < 4.78 is 5.61. The molecule has 3 heterocycles. The lowest BCUT2D eigenvalue weighted by Crippen LogP contribution is -2.60. The van der Waals surface area contributed by atoms with Gasteiger partial charge in [0, 0.05) is 18.5 Å². The lowest BCUT2D eigenvalue weighted by Gasteiger charge is -2.43. The molecule has 0 unspecified atom stereocenters. The fraction of sp³-hybridized carbons (Fsp3) is 0.609. The molecule has 30 heavy (non-hydrogen) atoms. The summed E-state index contributed by atoms with van der Waals surface area (Å²) in [5, 5.41) is 9.20. The van der Waals surface area contributed by atoms with Crippen LogP contribution in [0.5, 0.6) is 0 Å². The number of Topliss-reactive ketones (excluding diaryl/α,β-unsaturated/α-hetero) is 1. The third kappa shape index (κ3) is 5.08. The number of ketones is 1. The van der Waals surface area contributed by atoms with Crippen LogP contribution in [-0.4, -0.2) is 48.9 Å². The highest BCUT2D eigenvalue weighted by molar-refractivity contribution is 5.92. The van der Waals surface area contributed by atoms with Gasteiger partial charge in [0.1, 0.15) is 6.61 Å². The highest BCUT2D eigenvalue weighted by atomic mass is 16.5. The first-order valence-corrected chi connectivity index (χ1v) is 11.1. The van der Waals surface area contributed by atoms with Crippen molar-refractivity contribution in [3.63, 3.8) is 0 Å². The van der Waals surface area contributed by atoms with Crippen molar-refractivity contribution >= 4 is 17.6 Å². The minimum Gasteiger partial charge on any atom is -0.369 e. The molecule has 5 rings (SSSR count). The molecular weight excluding hydrogens is 382 g/mol. The van der Waals surface area contributed by atoms with Gasteiger partial charge >= 0.3 is 0 Å². The summed E-state index contributed by atoms with van der Waals surface area (Å²) in [7, 11) is 0. The van der Waals surface area contributed by atoms with E-state index in [1.807, 2.05) is 30.3 Å². The minimum atomic E-state index is -0.704. The van der Waals surface area contributed by atoms with Crippen molar-refractivity contribution in [2.45, 2.75) is 63.3 Å². The number of rotatable bonds is 9. The maximum atomic E-state index is 13.0. The van der Waals surface area contributed by atoms with E-state index in [0.717, 1.165) is 31.2 Å². The number of nitrogens with one attached hydrogen (secondary N) is 3. The van der Waals surface area contributed by atoms with Crippen LogP contribution in [0.1, 0.15) is 44.1 Å². The fourth-order valence-corrected chi connectivity index (χ4v) is 4.93. The highest BCUT2D eigenvalue weighted by Gasteiger charge is 2.40. The Morgan fingerprint density at radius 2 is 1.87 bits per heavy atom. The van der Waals surface area contributed by atoms with E-state index >= 15 is 0 Å². The molecule has 3 saturated heterocycles. The Morgan fingerprint density at radius 1 is 1.10 bits per heavy atom. The van der Waals surface area contributed by atoms with Crippen molar-refractivity contribution in [1.82, 2.24) is 16.0 Å². The van der Waals surface area contributed by atoms with E-state index in [-0.39, 0.29) is 36.2 Å². The second-order valence-electron chi connectivity index (χ2n) is 8.77. The highest BCUT2D eigenvalue weighted by Crippen LogP contribution is 2.33. The Labute approximate surface area is 177 Å². The number of hydrogen-bond acceptors (Lipinski definition) is 5. The van der Waals surface area contributed by atoms with Gasteiger partial charge in [-0.15, -0.1) is 0 Å². The number of carbonyl (C=O) groups is 3. The van der Waals surface area contributed by atoms with Gasteiger partial charge in [-0.05, 0) is 50.0 Å². The van der Waals surface area contributed by atoms with Gasteiger partial charge in [0.15, 0.2) is 5.78 Å². The number of amides is 2. The Hall–Kier alpha value is -2.25. The topological polar surface area (TPSA) is 96.5 Å². The van der Waals surface area contributed by atoms with Gasteiger partial charge in [0.05, 0.1) is 18.7 Å². The van der Waals surface area contributed by atoms with E-state index in [9.17, 15) is 14.4 Å². The molecule has 1 aromatic carbocycles. The van der Waals surface area contributed by atoms with E-state index in [0.29, 0.717) is 38.0 Å². The molecule has 3 aliphatic heterocycles. The molecule has 1 aliphatic carbocycles. The summed E-state index contributed by atoms with van der Waals surface area (Å²) >= 11 is 0. The van der Waals surface area contributed by atoms with Crippen molar-refractivity contribution in [2.75, 3.05) is 13.2 Å². The summed E-state index contributed by atoms with van der Waals surface area (Å²) in [6, 6.07) is 9.11. The van der Waals surface area contributed by atoms with E-state index in [4.69, 9.17) is 4.74 Å². The number of benzene rings is 1. The van der Waals surface area contributed by atoms with Gasteiger partial charge in [-0.3, -0.25) is 14.4 Å². The standard InChI is InChI=1S/C23H31N3O4/c27-20(14-30-13-15-4-2-1-3-5-15)19(12-17-10-11-24-22(17)28)26-23(29)21-16-6-8-18(25-21)9-7-16/h1-5,16-19,21,25H,6-14H2,(H,24,28)(H,26,29)/t16?,17-,18?,19-,21-/m0/s1. The van der Waals surface area contributed by atoms with Crippen LogP contribution in [0.15, 0.2) is 30.3 Å². The molecule has 0 aromatic heterocycles. The predicted octanol–water partition coefficient (Wildman–Crippen LogP) is 1.31. The molecule has 4 fully saturated rings. The summed E-state index contributed by atoms with van der Waals surface area (Å²) in [6.45, 7) is 0.875. The van der Waals surface area contributed by atoms with Gasteiger partial charge in [-0.25, -0.2) is 0 Å². The first-order chi connectivity index (χ1) is 14.6. The molecule has 2 amide bonds. The first kappa shape index (κ1) is 21.0. The van der Waals surface area contributed by atoms with E-state index < -0.39 is 6.04 Å². The van der Waals surface area contributed by atoms with Gasteiger partial charge < -0.3 is 20.7 Å². The Kier molecular flexibility index (Phi) is 6.79. The summed E-state index contributed by atoms with van der Waals surface area (Å²) in [4.78, 5) is 37.9. The van der Waals surface area contributed by atoms with E-state index in [1.165, 1.54) is 0 Å². The average molecular weight is 414 g/mol. The number of hydrogen-bond donors (Lipinski definition) is 3. The van der Waals surface area contributed by atoms with Crippen molar-refractivity contribution < 1.29 is 19.1 Å². The van der Waals surface area contributed by atoms with Gasteiger partial charge in [-0.1, -0.05) is 30.3 Å². The number of ether oxygens (including phenoxy) is 1. The fourth-order valence-electron chi connectivity index (χ4n) is 4.93. The van der Waals surface area contributed by atoms with E-state index in [1.54, 1.807) is 0 Å². The molecule has 1 aromatic rings. The zero-order chi connectivity index (χ0) is 20.9. The number of piperidine rings is 2. The van der Waals surface area contributed by atoms with Crippen molar-refractivity contribution in [2.24, 2.45) is 11.8 Å². The maximum Gasteiger partial charge on any atom is 0.238 e. The normalized spacial score (nSPS) is 28.7. The second kappa shape index (κ2) is 9.71. The van der Waals surface area contributed by atoms with Crippen LogP contribution < -0.4 is 16.0 Å². The molecule has 162 valence electrons. The number of fused-ring (bicyclic) bond motifs is 3. The van der Waals surface area contributed by atoms with Gasteiger partial charge in [0.2, 0.25) is 11.8 Å². The molecule has 2 bridgehead atoms. The molecular formula is C23H31N3O4. The van der Waals surface area contributed by atoms with Crippen molar-refractivity contribution in [1.29, 1.82) is 0 Å². The van der Waals surface area contributed by atoms with Crippen molar-refractivity contribution in [3.05, 3.63) is 35.9 Å². The number of carbonyl (C=O) groups excluding carboxylic acids is 3. The SMILES string of the molecule is O=C1NCC[C@H]1C[C@H](NC(=O)[C@H]1NC2CCC1CC2)C(=O)COCc1ccccc1. The van der Waals surface area contributed by atoms with Crippen molar-refractivity contribution in [3.8, 4) is 0 Å². The Balaban J connectivity index is 1.36. The quantitative estimate of drug-likeness (QED) is 0.567. The van der Waals surface area contributed by atoms with Gasteiger partial charge in [0.25, 0.3) is 0 Å². The first-order valence-electron chi connectivity index (χ1n) is 11.1. The molecule has 0 radical (unpaired) electrons. The third-order valence-electron chi connectivity index (χ3n) is 6.69. The summed E-state index contributed by atoms with van der Waals surface area (Å²) in [6.07, 6.45) is 5.36. The Bertz CT molecular complexity index is 761. The largest absolute Gasteiger partial charge is 0.369 e. The lowest BCUT2D eigenvalue weighted by molar-refractivity contribution is -0.134. The molecule has 0 spiro atoms. The summed E-state index contributed by atoms with van der Waals surface area (Å²) in [5.74, 6) is -0.259. The van der Waals surface area contributed by atoms with Crippen LogP contribution in [-0.2, 0) is 25.7 Å². The molecule has 4 aliphatic rings. The van der Waals surface area contributed by atoms with Crippen LogP contribution in [0.3, 0.4) is 0 Å². The molecule has 7 heteroatoms. The minimum absolute atomic E-state index is 0.0397. The smallest absolute Gasteiger partial charge is 0.238 e. The second-order valence-corrected chi connectivity index (χ2v) is 8.77. The monoisotopic (exact) mass is 413 g/mol. The Morgan fingerprint density at radius 3 is 2.50 bits per heavy atom. The maximum absolute atomic E-state index is 13.0. The third-order valence-corrected chi connectivity index (χ3v) is 6.69. The van der Waals surface area contributed by atoms with Crippen LogP contribution in [0.4, 0.5) is 0 Å². The predicted molar refractivity (Wildman–Crippen MR) is 111 cm³/mol. The lowest BCUT2D eigenvalue weighted by atomic mass is 9.76. The molecule has 3 N–H and O–H groups in total.